The van der Waals surface area contributed by atoms with Crippen LogP contribution in [0.3, 0.4) is 0 Å². The highest BCUT2D eigenvalue weighted by atomic mass is 32.2. The van der Waals surface area contributed by atoms with Gasteiger partial charge in [0.15, 0.2) is 0 Å². The molecule has 1 aliphatic rings. The lowest BCUT2D eigenvalue weighted by atomic mass is 10.2. The molecule has 0 amide bonds. The van der Waals surface area contributed by atoms with E-state index in [4.69, 9.17) is 10.6 Å². The first-order valence-electron chi connectivity index (χ1n) is 6.40. The predicted molar refractivity (Wildman–Crippen MR) is 77.4 cm³/mol. The number of rotatable bonds is 6. The molecule has 1 aliphatic carbocycles. The Bertz CT molecular complexity index is 396. The van der Waals surface area contributed by atoms with Crippen LogP contribution in [0.25, 0.3) is 0 Å². The molecule has 1 aromatic heterocycles. The first-order chi connectivity index (χ1) is 9.25. The summed E-state index contributed by atoms with van der Waals surface area (Å²) in [5.41, 5.74) is 2.41. The van der Waals surface area contributed by atoms with E-state index in [2.05, 4.69) is 32.6 Å². The van der Waals surface area contributed by atoms with Gasteiger partial charge >= 0.3 is 6.01 Å². The van der Waals surface area contributed by atoms with Gasteiger partial charge in [0.25, 0.3) is 0 Å². The van der Waals surface area contributed by atoms with E-state index in [1.54, 1.807) is 0 Å². The van der Waals surface area contributed by atoms with Crippen LogP contribution in [0.5, 0.6) is 6.01 Å². The van der Waals surface area contributed by atoms with E-state index < -0.39 is 0 Å². The molecule has 0 spiro atoms. The number of hydrogen-bond acceptors (Lipinski definition) is 8. The molecule has 106 valence electrons. The van der Waals surface area contributed by atoms with Crippen molar-refractivity contribution >= 4 is 23.7 Å². The van der Waals surface area contributed by atoms with Gasteiger partial charge in [-0.2, -0.15) is 26.7 Å². The highest BCUT2D eigenvalue weighted by Gasteiger charge is 2.25. The van der Waals surface area contributed by atoms with Crippen molar-refractivity contribution in [2.45, 2.75) is 37.5 Å². The Morgan fingerprint density at radius 1 is 1.32 bits per heavy atom. The average Bonchev–Trinajstić information content (AvgIpc) is 2.86. The van der Waals surface area contributed by atoms with Crippen molar-refractivity contribution in [2.24, 2.45) is 5.84 Å². The second-order valence-corrected chi connectivity index (χ2v) is 5.92. The monoisotopic (exact) mass is 284 g/mol. The fourth-order valence-corrected chi connectivity index (χ4v) is 3.36. The number of thioether (sulfide) groups is 1. The number of nitrogen functional groups attached to an aromatic ring is 1. The lowest BCUT2D eigenvalue weighted by Gasteiger charge is -2.13. The van der Waals surface area contributed by atoms with E-state index in [9.17, 15) is 0 Å². The van der Waals surface area contributed by atoms with Crippen molar-refractivity contribution in [1.29, 1.82) is 0 Å². The smallest absolute Gasteiger partial charge is 0.322 e. The second kappa shape index (κ2) is 6.76. The highest BCUT2D eigenvalue weighted by Crippen LogP contribution is 2.31. The molecule has 2 atom stereocenters. The molecule has 0 aliphatic heterocycles. The molecule has 1 fully saturated rings. The summed E-state index contributed by atoms with van der Waals surface area (Å²) >= 11 is 2.02. The Labute approximate surface area is 117 Å². The van der Waals surface area contributed by atoms with Crippen LogP contribution in [-0.4, -0.2) is 39.1 Å². The molecule has 8 heteroatoms. The zero-order chi connectivity index (χ0) is 13.7. The fourth-order valence-electron chi connectivity index (χ4n) is 2.22. The lowest BCUT2D eigenvalue weighted by molar-refractivity contribution is 0.379. The second-order valence-electron chi connectivity index (χ2n) is 4.35. The van der Waals surface area contributed by atoms with Crippen LogP contribution < -0.4 is 21.3 Å². The summed E-state index contributed by atoms with van der Waals surface area (Å²) in [6.07, 6.45) is 3.51. The molecule has 1 heterocycles. The van der Waals surface area contributed by atoms with Crippen molar-refractivity contribution in [1.82, 2.24) is 15.0 Å². The van der Waals surface area contributed by atoms with Gasteiger partial charge < -0.3 is 10.1 Å². The molecule has 0 aromatic carbocycles. The summed E-state index contributed by atoms with van der Waals surface area (Å²) in [6, 6.07) is 0.657. The number of aromatic nitrogens is 3. The SMILES string of the molecule is CCSC1CCC(Nc2nc(NN)nc(OC)n2)C1. The number of hydrogen-bond donors (Lipinski definition) is 3. The van der Waals surface area contributed by atoms with Crippen LogP contribution in [0.15, 0.2) is 0 Å². The summed E-state index contributed by atoms with van der Waals surface area (Å²) in [7, 11) is 1.52. The quantitative estimate of drug-likeness (QED) is 0.530. The maximum Gasteiger partial charge on any atom is 0.322 e. The van der Waals surface area contributed by atoms with E-state index in [0.717, 1.165) is 23.8 Å². The molecular weight excluding hydrogens is 264 g/mol. The molecule has 7 nitrogen and oxygen atoms in total. The van der Waals surface area contributed by atoms with Gasteiger partial charge in [0.1, 0.15) is 0 Å². The minimum atomic E-state index is 0.253. The molecule has 0 saturated heterocycles. The Kier molecular flexibility index (Phi) is 5.03. The molecule has 0 bridgehead atoms. The van der Waals surface area contributed by atoms with Crippen LogP contribution >= 0.6 is 11.8 Å². The molecule has 19 heavy (non-hydrogen) atoms. The average molecular weight is 284 g/mol. The summed E-state index contributed by atoms with van der Waals surface area (Å²) < 4.78 is 5.02. The van der Waals surface area contributed by atoms with Crippen molar-refractivity contribution in [3.63, 3.8) is 0 Å². The minimum absolute atomic E-state index is 0.253. The van der Waals surface area contributed by atoms with Crippen LogP contribution in [0, 0.1) is 0 Å². The fraction of sp³-hybridized carbons (Fsp3) is 0.727. The third-order valence-corrected chi connectivity index (χ3v) is 4.28. The van der Waals surface area contributed by atoms with Crippen molar-refractivity contribution in [2.75, 3.05) is 23.6 Å². The van der Waals surface area contributed by atoms with Crippen molar-refractivity contribution < 1.29 is 4.74 Å². The minimum Gasteiger partial charge on any atom is -0.467 e. The van der Waals surface area contributed by atoms with Gasteiger partial charge in [-0.15, -0.1) is 0 Å². The van der Waals surface area contributed by atoms with E-state index in [1.807, 2.05) is 11.8 Å². The van der Waals surface area contributed by atoms with E-state index in [-0.39, 0.29) is 6.01 Å². The van der Waals surface area contributed by atoms with Gasteiger partial charge in [0.05, 0.1) is 7.11 Å². The lowest BCUT2D eigenvalue weighted by Crippen LogP contribution is -2.20. The third-order valence-electron chi connectivity index (χ3n) is 3.05. The van der Waals surface area contributed by atoms with E-state index in [0.29, 0.717) is 17.9 Å². The summed E-state index contributed by atoms with van der Waals surface area (Å²) in [5.74, 6) is 7.29. The summed E-state index contributed by atoms with van der Waals surface area (Å²) in [6.45, 7) is 2.20. The molecule has 4 N–H and O–H groups in total. The van der Waals surface area contributed by atoms with Gasteiger partial charge in [0.2, 0.25) is 11.9 Å². The number of nitrogens with zero attached hydrogens (tertiary/aromatic N) is 3. The van der Waals surface area contributed by atoms with E-state index in [1.165, 1.54) is 13.5 Å². The summed E-state index contributed by atoms with van der Waals surface area (Å²) in [4.78, 5) is 12.3. The third kappa shape index (κ3) is 3.84. The molecule has 2 unspecified atom stereocenters. The summed E-state index contributed by atoms with van der Waals surface area (Å²) in [5, 5.41) is 4.06. The Balaban J connectivity index is 1.99. The topological polar surface area (TPSA) is 98.0 Å². The van der Waals surface area contributed by atoms with Gasteiger partial charge in [-0.25, -0.2) is 5.84 Å². The zero-order valence-electron chi connectivity index (χ0n) is 11.2. The largest absolute Gasteiger partial charge is 0.467 e. The van der Waals surface area contributed by atoms with Gasteiger partial charge in [-0.1, -0.05) is 6.92 Å². The van der Waals surface area contributed by atoms with Gasteiger partial charge in [-0.3, -0.25) is 5.43 Å². The van der Waals surface area contributed by atoms with Crippen LogP contribution in [0.1, 0.15) is 26.2 Å². The number of nitrogens with two attached hydrogens (primary N) is 1. The number of hydrazine groups is 1. The number of methoxy groups -OCH3 is 1. The Morgan fingerprint density at radius 2 is 2.11 bits per heavy atom. The number of ether oxygens (including phenoxy) is 1. The molecule has 1 saturated carbocycles. The van der Waals surface area contributed by atoms with Crippen LogP contribution in [0.2, 0.25) is 0 Å². The molecule has 1 aromatic rings. The molecule has 0 radical (unpaired) electrons. The van der Waals surface area contributed by atoms with Crippen molar-refractivity contribution in [3.8, 4) is 6.01 Å². The highest BCUT2D eigenvalue weighted by molar-refractivity contribution is 7.99. The maximum atomic E-state index is 5.32. The number of anilines is 2. The first kappa shape index (κ1) is 14.1. The molecular formula is C11H20N6OS. The predicted octanol–water partition coefficient (Wildman–Crippen LogP) is 1.25. The van der Waals surface area contributed by atoms with Crippen LogP contribution in [0.4, 0.5) is 11.9 Å². The number of nitrogens with one attached hydrogen (secondary N) is 2. The Hall–Kier alpha value is -1.28. The van der Waals surface area contributed by atoms with Crippen LogP contribution in [-0.2, 0) is 0 Å². The first-order valence-corrected chi connectivity index (χ1v) is 7.44. The van der Waals surface area contributed by atoms with Gasteiger partial charge in [0, 0.05) is 11.3 Å². The standard InChI is InChI=1S/C11H20N6OS/c1-3-19-8-5-4-7(6-8)13-9-14-10(17-12)16-11(15-9)18-2/h7-8H,3-6,12H2,1-2H3,(H2,13,14,15,16,17). The van der Waals surface area contributed by atoms with Gasteiger partial charge in [-0.05, 0) is 25.0 Å². The normalized spacial score (nSPS) is 22.3. The molecule has 2 rings (SSSR count). The zero-order valence-corrected chi connectivity index (χ0v) is 12.0. The maximum absolute atomic E-state index is 5.32. The van der Waals surface area contributed by atoms with Crippen molar-refractivity contribution in [3.05, 3.63) is 0 Å². The Morgan fingerprint density at radius 3 is 2.79 bits per heavy atom. The van der Waals surface area contributed by atoms with E-state index >= 15 is 0 Å².